The van der Waals surface area contributed by atoms with Crippen LogP contribution in [0.25, 0.3) is 0 Å². The Labute approximate surface area is 127 Å². The highest BCUT2D eigenvalue weighted by Gasteiger charge is 2.40. The number of nitrogens with zero attached hydrogens (tertiary/aromatic N) is 1. The van der Waals surface area contributed by atoms with Crippen molar-refractivity contribution in [2.75, 3.05) is 32.6 Å². The molecule has 1 aliphatic rings. The maximum atomic E-state index is 6.01. The van der Waals surface area contributed by atoms with Crippen molar-refractivity contribution in [1.29, 1.82) is 0 Å². The molecule has 1 saturated heterocycles. The molecule has 21 heavy (non-hydrogen) atoms. The Morgan fingerprint density at radius 3 is 2.86 bits per heavy atom. The van der Waals surface area contributed by atoms with Crippen molar-refractivity contribution < 1.29 is 9.47 Å². The van der Waals surface area contributed by atoms with Gasteiger partial charge in [0.25, 0.3) is 0 Å². The van der Waals surface area contributed by atoms with Gasteiger partial charge in [0.15, 0.2) is 0 Å². The quantitative estimate of drug-likeness (QED) is 0.802. The molecular weight excluding hydrogens is 266 g/mol. The van der Waals surface area contributed by atoms with Crippen LogP contribution in [0.2, 0.25) is 0 Å². The van der Waals surface area contributed by atoms with Gasteiger partial charge < -0.3 is 20.5 Å². The van der Waals surface area contributed by atoms with E-state index in [1.165, 1.54) is 0 Å². The van der Waals surface area contributed by atoms with Crippen LogP contribution in [-0.4, -0.2) is 43.5 Å². The zero-order chi connectivity index (χ0) is 15.1. The molecule has 2 rings (SSSR count). The molecule has 0 aliphatic carbocycles. The maximum Gasteiger partial charge on any atom is 0.126 e. The first-order valence-electron chi connectivity index (χ1n) is 7.77. The van der Waals surface area contributed by atoms with Crippen LogP contribution in [0.15, 0.2) is 18.3 Å². The van der Waals surface area contributed by atoms with Crippen LogP contribution in [0.3, 0.4) is 0 Å². The number of aromatic nitrogens is 1. The topological polar surface area (TPSA) is 69.4 Å². The van der Waals surface area contributed by atoms with Crippen LogP contribution in [0.5, 0.6) is 0 Å². The van der Waals surface area contributed by atoms with E-state index in [4.69, 9.17) is 15.2 Å². The summed E-state index contributed by atoms with van der Waals surface area (Å²) in [6.07, 6.45) is 5.47. The van der Waals surface area contributed by atoms with Gasteiger partial charge in [-0.25, -0.2) is 4.98 Å². The molecule has 1 fully saturated rings. The van der Waals surface area contributed by atoms with E-state index in [9.17, 15) is 0 Å². The molecule has 1 aromatic heterocycles. The zero-order valence-corrected chi connectivity index (χ0v) is 13.1. The number of nitrogen functional groups attached to an aromatic ring is 1. The number of nitrogens with two attached hydrogens (primary N) is 1. The summed E-state index contributed by atoms with van der Waals surface area (Å²) in [5.74, 6) is 0.610. The van der Waals surface area contributed by atoms with Gasteiger partial charge >= 0.3 is 0 Å². The molecule has 0 saturated carbocycles. The number of rotatable bonds is 7. The molecule has 5 heteroatoms. The molecular formula is C16H27N3O2. The Kier molecular flexibility index (Phi) is 5.96. The predicted molar refractivity (Wildman–Crippen MR) is 84.2 cm³/mol. The van der Waals surface area contributed by atoms with E-state index < -0.39 is 0 Å². The summed E-state index contributed by atoms with van der Waals surface area (Å²) >= 11 is 0. The summed E-state index contributed by atoms with van der Waals surface area (Å²) in [5.41, 5.74) is 6.90. The molecule has 0 aromatic carbocycles. The van der Waals surface area contributed by atoms with Crippen molar-refractivity contribution in [3.8, 4) is 0 Å². The van der Waals surface area contributed by atoms with Gasteiger partial charge in [0.2, 0.25) is 0 Å². The first-order chi connectivity index (χ1) is 10.2. The second-order valence-corrected chi connectivity index (χ2v) is 5.64. The van der Waals surface area contributed by atoms with E-state index in [1.54, 1.807) is 13.3 Å². The van der Waals surface area contributed by atoms with Crippen LogP contribution < -0.4 is 11.1 Å². The largest absolute Gasteiger partial charge is 0.383 e. The van der Waals surface area contributed by atoms with E-state index in [1.807, 2.05) is 12.1 Å². The van der Waals surface area contributed by atoms with Gasteiger partial charge in [-0.15, -0.1) is 0 Å². The molecule has 2 heterocycles. The Bertz CT molecular complexity index is 433. The number of hydrogen-bond acceptors (Lipinski definition) is 5. The monoisotopic (exact) mass is 293 g/mol. The minimum absolute atomic E-state index is 0.185. The molecule has 0 bridgehead atoms. The summed E-state index contributed by atoms with van der Waals surface area (Å²) in [6.45, 7) is 4.64. The van der Waals surface area contributed by atoms with E-state index in [0.717, 1.165) is 51.0 Å². The molecule has 0 spiro atoms. The summed E-state index contributed by atoms with van der Waals surface area (Å²) in [6, 6.07) is 4.20. The minimum Gasteiger partial charge on any atom is -0.383 e. The van der Waals surface area contributed by atoms with Crippen LogP contribution in [-0.2, 0) is 15.9 Å². The summed E-state index contributed by atoms with van der Waals surface area (Å²) < 4.78 is 11.5. The number of anilines is 1. The Balaban J connectivity index is 2.18. The van der Waals surface area contributed by atoms with Gasteiger partial charge in [0, 0.05) is 45.4 Å². The maximum absolute atomic E-state index is 6.01. The van der Waals surface area contributed by atoms with Crippen LogP contribution in [0.1, 0.15) is 31.7 Å². The third kappa shape index (κ3) is 3.93. The number of pyridine rings is 1. The lowest BCUT2D eigenvalue weighted by atomic mass is 9.82. The molecule has 0 radical (unpaired) electrons. The molecule has 118 valence electrons. The van der Waals surface area contributed by atoms with Crippen molar-refractivity contribution in [1.82, 2.24) is 10.3 Å². The zero-order valence-electron chi connectivity index (χ0n) is 13.1. The van der Waals surface area contributed by atoms with E-state index in [2.05, 4.69) is 17.2 Å². The van der Waals surface area contributed by atoms with Crippen molar-refractivity contribution in [2.45, 2.75) is 44.2 Å². The Hall–Kier alpha value is -1.17. The van der Waals surface area contributed by atoms with E-state index >= 15 is 0 Å². The fraction of sp³-hybridized carbons (Fsp3) is 0.688. The number of ether oxygens (including phenoxy) is 2. The van der Waals surface area contributed by atoms with Gasteiger partial charge in [-0.2, -0.15) is 0 Å². The number of methoxy groups -OCH3 is 1. The lowest BCUT2D eigenvalue weighted by molar-refractivity contribution is -0.110. The van der Waals surface area contributed by atoms with E-state index in [-0.39, 0.29) is 11.6 Å². The summed E-state index contributed by atoms with van der Waals surface area (Å²) in [4.78, 5) is 4.19. The van der Waals surface area contributed by atoms with Crippen LogP contribution in [0, 0.1) is 0 Å². The predicted octanol–water partition coefficient (Wildman–Crippen LogP) is 1.77. The highest BCUT2D eigenvalue weighted by atomic mass is 16.5. The molecule has 1 atom stereocenters. The lowest BCUT2D eigenvalue weighted by Gasteiger charge is -2.43. The van der Waals surface area contributed by atoms with Gasteiger partial charge in [0.1, 0.15) is 5.82 Å². The molecule has 5 nitrogen and oxygen atoms in total. The summed E-state index contributed by atoms with van der Waals surface area (Å²) in [5, 5.41) is 3.64. The van der Waals surface area contributed by atoms with Crippen molar-refractivity contribution in [3.63, 3.8) is 0 Å². The standard InChI is InChI=1S/C16H27N3O2/c1-3-8-18-14(12-13-5-4-9-19-15(13)17)16(20-2)6-10-21-11-7-16/h4-5,9,14,18H,3,6-8,10-12H2,1-2H3,(H2,17,19). The SMILES string of the molecule is CCCNC(Cc1cccnc1N)C1(OC)CCOCC1. The average Bonchev–Trinajstić information content (AvgIpc) is 2.53. The lowest BCUT2D eigenvalue weighted by Crippen LogP contribution is -2.56. The molecule has 3 N–H and O–H groups in total. The van der Waals surface area contributed by atoms with Gasteiger partial charge in [-0.1, -0.05) is 13.0 Å². The molecule has 1 aromatic rings. The average molecular weight is 293 g/mol. The number of hydrogen-bond donors (Lipinski definition) is 2. The normalized spacial score (nSPS) is 19.3. The van der Waals surface area contributed by atoms with E-state index in [0.29, 0.717) is 5.82 Å². The first-order valence-corrected chi connectivity index (χ1v) is 7.77. The van der Waals surface area contributed by atoms with Gasteiger partial charge in [-0.3, -0.25) is 0 Å². The third-order valence-electron chi connectivity index (χ3n) is 4.37. The highest BCUT2D eigenvalue weighted by Crippen LogP contribution is 2.30. The number of nitrogens with one attached hydrogen (secondary N) is 1. The Morgan fingerprint density at radius 2 is 2.24 bits per heavy atom. The van der Waals surface area contributed by atoms with Crippen molar-refractivity contribution in [2.24, 2.45) is 0 Å². The molecule has 0 amide bonds. The minimum atomic E-state index is -0.185. The van der Waals surface area contributed by atoms with Crippen molar-refractivity contribution >= 4 is 5.82 Å². The van der Waals surface area contributed by atoms with Crippen molar-refractivity contribution in [3.05, 3.63) is 23.9 Å². The second kappa shape index (κ2) is 7.73. The first kappa shape index (κ1) is 16.2. The van der Waals surface area contributed by atoms with Gasteiger partial charge in [0.05, 0.1) is 5.60 Å². The van der Waals surface area contributed by atoms with Gasteiger partial charge in [-0.05, 0) is 31.0 Å². The molecule has 1 aliphatic heterocycles. The summed E-state index contributed by atoms with van der Waals surface area (Å²) in [7, 11) is 1.80. The van der Waals surface area contributed by atoms with Crippen LogP contribution in [0.4, 0.5) is 5.82 Å². The fourth-order valence-electron chi connectivity index (χ4n) is 3.02. The smallest absolute Gasteiger partial charge is 0.126 e. The Morgan fingerprint density at radius 1 is 1.48 bits per heavy atom. The second-order valence-electron chi connectivity index (χ2n) is 5.64. The molecule has 1 unspecified atom stereocenters. The van der Waals surface area contributed by atoms with Crippen LogP contribution >= 0.6 is 0 Å². The fourth-order valence-corrected chi connectivity index (χ4v) is 3.02. The highest BCUT2D eigenvalue weighted by molar-refractivity contribution is 5.39. The third-order valence-corrected chi connectivity index (χ3v) is 4.37.